The Morgan fingerprint density at radius 2 is 1.77 bits per heavy atom. The van der Waals surface area contributed by atoms with Crippen LogP contribution in [0, 0.1) is 17.2 Å². The summed E-state index contributed by atoms with van der Waals surface area (Å²) in [6.45, 7) is 2.25. The van der Waals surface area contributed by atoms with Crippen molar-refractivity contribution in [1.29, 1.82) is 5.26 Å². The zero-order valence-electron chi connectivity index (χ0n) is 16.9. The van der Waals surface area contributed by atoms with Gasteiger partial charge in [0.1, 0.15) is 5.54 Å². The van der Waals surface area contributed by atoms with Crippen LogP contribution in [0.1, 0.15) is 69.2 Å². The van der Waals surface area contributed by atoms with Gasteiger partial charge in [0.15, 0.2) is 0 Å². The van der Waals surface area contributed by atoms with E-state index in [9.17, 15) is 19.6 Å². The topological polar surface area (TPSA) is 90.3 Å². The van der Waals surface area contributed by atoms with Crippen molar-refractivity contribution in [2.75, 3.05) is 0 Å². The van der Waals surface area contributed by atoms with E-state index in [0.29, 0.717) is 35.4 Å². The molecule has 2 unspecified atom stereocenters. The average molecular weight is 401 g/mol. The molecule has 1 aliphatic heterocycles. The number of benzene rings is 2. The van der Waals surface area contributed by atoms with Crippen LogP contribution in [0.5, 0.6) is 0 Å². The van der Waals surface area contributed by atoms with Gasteiger partial charge in [-0.1, -0.05) is 37.6 Å². The van der Waals surface area contributed by atoms with Crippen LogP contribution >= 0.6 is 0 Å². The van der Waals surface area contributed by atoms with Gasteiger partial charge in [0.05, 0.1) is 23.7 Å². The number of amides is 3. The summed E-state index contributed by atoms with van der Waals surface area (Å²) in [4.78, 5) is 39.0. The number of carbonyl (C=O) groups is 3. The molecule has 1 saturated carbocycles. The minimum atomic E-state index is -0.812. The molecule has 2 atom stereocenters. The molecule has 3 amide bonds. The van der Waals surface area contributed by atoms with Gasteiger partial charge >= 0.3 is 0 Å². The van der Waals surface area contributed by atoms with E-state index in [1.165, 1.54) is 4.90 Å². The third-order valence-electron chi connectivity index (χ3n) is 6.00. The molecule has 2 aliphatic rings. The minimum absolute atomic E-state index is 0.147. The van der Waals surface area contributed by atoms with Gasteiger partial charge in [-0.25, -0.2) is 0 Å². The van der Waals surface area contributed by atoms with Crippen molar-refractivity contribution < 1.29 is 14.4 Å². The fourth-order valence-corrected chi connectivity index (χ4v) is 4.41. The SMILES string of the molecule is CC1CCCC(C#N)(NC(=O)c2ccc(CN3C(=O)c4ccccc4C3=O)cc2)C1. The highest BCUT2D eigenvalue weighted by Gasteiger charge is 2.37. The highest BCUT2D eigenvalue weighted by Crippen LogP contribution is 2.32. The summed E-state index contributed by atoms with van der Waals surface area (Å²) in [5.74, 6) is -0.488. The van der Waals surface area contributed by atoms with Crippen molar-refractivity contribution in [2.24, 2.45) is 5.92 Å². The first kappa shape index (κ1) is 19.8. The maximum Gasteiger partial charge on any atom is 0.261 e. The van der Waals surface area contributed by atoms with Gasteiger partial charge < -0.3 is 5.32 Å². The van der Waals surface area contributed by atoms with E-state index in [2.05, 4.69) is 18.3 Å². The first-order valence-electron chi connectivity index (χ1n) is 10.2. The zero-order chi connectivity index (χ0) is 21.3. The molecule has 1 N–H and O–H groups in total. The molecule has 0 aromatic heterocycles. The largest absolute Gasteiger partial charge is 0.334 e. The summed E-state index contributed by atoms with van der Waals surface area (Å²) in [6.07, 6.45) is 3.32. The van der Waals surface area contributed by atoms with E-state index < -0.39 is 5.54 Å². The summed E-state index contributed by atoms with van der Waals surface area (Å²) in [6, 6.07) is 15.9. The highest BCUT2D eigenvalue weighted by molar-refractivity contribution is 6.21. The molecule has 6 heteroatoms. The average Bonchev–Trinajstić information content (AvgIpc) is 2.99. The Morgan fingerprint density at radius 1 is 1.13 bits per heavy atom. The van der Waals surface area contributed by atoms with E-state index >= 15 is 0 Å². The maximum absolute atomic E-state index is 12.7. The number of hydrogen-bond acceptors (Lipinski definition) is 4. The third-order valence-corrected chi connectivity index (χ3v) is 6.00. The molecule has 6 nitrogen and oxygen atoms in total. The molecule has 30 heavy (non-hydrogen) atoms. The lowest BCUT2D eigenvalue weighted by Gasteiger charge is -2.35. The number of nitrogens with zero attached hydrogens (tertiary/aromatic N) is 2. The monoisotopic (exact) mass is 401 g/mol. The second-order valence-corrected chi connectivity index (χ2v) is 8.29. The van der Waals surface area contributed by atoms with E-state index in [0.717, 1.165) is 18.4 Å². The van der Waals surface area contributed by atoms with Crippen molar-refractivity contribution in [3.8, 4) is 6.07 Å². The van der Waals surface area contributed by atoms with Crippen LogP contribution in [0.4, 0.5) is 0 Å². The van der Waals surface area contributed by atoms with Crippen molar-refractivity contribution in [3.05, 3.63) is 70.8 Å². The molecule has 152 valence electrons. The summed E-state index contributed by atoms with van der Waals surface area (Å²) in [5.41, 5.74) is 1.23. The van der Waals surface area contributed by atoms with E-state index in [4.69, 9.17) is 0 Å². The van der Waals surface area contributed by atoms with Crippen LogP contribution in [0.3, 0.4) is 0 Å². The number of imide groups is 1. The lowest BCUT2D eigenvalue weighted by atomic mass is 9.77. The Bertz CT molecular complexity index is 1020. The molecule has 0 radical (unpaired) electrons. The van der Waals surface area contributed by atoms with Crippen molar-refractivity contribution in [1.82, 2.24) is 10.2 Å². The standard InChI is InChI=1S/C24H23N3O3/c1-16-5-4-12-24(13-16,15-25)26-21(28)18-10-8-17(9-11-18)14-27-22(29)19-6-2-3-7-20(19)23(27)30/h2-3,6-11,16H,4-5,12-14H2,1H3,(H,26,28). The summed E-state index contributed by atoms with van der Waals surface area (Å²) >= 11 is 0. The molecule has 1 fully saturated rings. The molecule has 1 aliphatic carbocycles. The molecule has 2 aromatic carbocycles. The van der Waals surface area contributed by atoms with Crippen LogP contribution in [0.25, 0.3) is 0 Å². The molecular weight excluding hydrogens is 378 g/mol. The minimum Gasteiger partial charge on any atom is -0.334 e. The molecular formula is C24H23N3O3. The van der Waals surface area contributed by atoms with Gasteiger partial charge in [0, 0.05) is 5.56 Å². The molecule has 0 spiro atoms. The van der Waals surface area contributed by atoms with Gasteiger partial charge in [-0.3, -0.25) is 19.3 Å². The molecule has 4 rings (SSSR count). The first-order chi connectivity index (χ1) is 14.4. The quantitative estimate of drug-likeness (QED) is 0.791. The predicted octanol–water partition coefficient (Wildman–Crippen LogP) is 3.69. The summed E-state index contributed by atoms with van der Waals surface area (Å²) in [5, 5.41) is 12.6. The number of carbonyl (C=O) groups excluding carboxylic acids is 3. The van der Waals surface area contributed by atoms with Gasteiger partial charge in [-0.2, -0.15) is 5.26 Å². The molecule has 1 heterocycles. The Labute approximate surface area is 175 Å². The van der Waals surface area contributed by atoms with Gasteiger partial charge in [-0.05, 0) is 55.0 Å². The van der Waals surface area contributed by atoms with Crippen molar-refractivity contribution >= 4 is 17.7 Å². The van der Waals surface area contributed by atoms with Crippen LogP contribution in [0.2, 0.25) is 0 Å². The van der Waals surface area contributed by atoms with Gasteiger partial charge in [0.25, 0.3) is 17.7 Å². The van der Waals surface area contributed by atoms with Crippen LogP contribution < -0.4 is 5.32 Å². The van der Waals surface area contributed by atoms with Crippen molar-refractivity contribution in [3.63, 3.8) is 0 Å². The summed E-state index contributed by atoms with van der Waals surface area (Å²) < 4.78 is 0. The number of nitriles is 1. The number of fused-ring (bicyclic) bond motifs is 1. The Kier molecular flexibility index (Phi) is 5.13. The second-order valence-electron chi connectivity index (χ2n) is 8.29. The maximum atomic E-state index is 12.7. The zero-order valence-corrected chi connectivity index (χ0v) is 16.9. The van der Waals surface area contributed by atoms with Crippen LogP contribution in [-0.4, -0.2) is 28.2 Å². The second kappa shape index (κ2) is 7.75. The Hall–Kier alpha value is -3.46. The predicted molar refractivity (Wildman–Crippen MR) is 111 cm³/mol. The lowest BCUT2D eigenvalue weighted by Crippen LogP contribution is -2.50. The summed E-state index contributed by atoms with van der Waals surface area (Å²) in [7, 11) is 0. The number of rotatable bonds is 4. The number of nitrogens with one attached hydrogen (secondary N) is 1. The van der Waals surface area contributed by atoms with Gasteiger partial charge in [-0.15, -0.1) is 0 Å². The lowest BCUT2D eigenvalue weighted by molar-refractivity contribution is 0.0641. The van der Waals surface area contributed by atoms with Crippen LogP contribution in [0.15, 0.2) is 48.5 Å². The molecule has 2 aromatic rings. The Morgan fingerprint density at radius 3 is 2.33 bits per heavy atom. The fourth-order valence-electron chi connectivity index (χ4n) is 4.41. The first-order valence-corrected chi connectivity index (χ1v) is 10.2. The van der Waals surface area contributed by atoms with E-state index in [1.807, 2.05) is 0 Å². The van der Waals surface area contributed by atoms with Crippen molar-refractivity contribution in [2.45, 2.75) is 44.7 Å². The molecule has 0 saturated heterocycles. The van der Waals surface area contributed by atoms with E-state index in [-0.39, 0.29) is 24.3 Å². The Balaban J connectivity index is 1.45. The third kappa shape index (κ3) is 3.59. The van der Waals surface area contributed by atoms with Gasteiger partial charge in [0.2, 0.25) is 0 Å². The van der Waals surface area contributed by atoms with E-state index in [1.54, 1.807) is 48.5 Å². The normalized spacial score (nSPS) is 23.1. The molecule has 0 bridgehead atoms. The van der Waals surface area contributed by atoms with Crippen LogP contribution in [-0.2, 0) is 6.54 Å². The number of hydrogen-bond donors (Lipinski definition) is 1. The fraction of sp³-hybridized carbons (Fsp3) is 0.333. The smallest absolute Gasteiger partial charge is 0.261 e. The highest BCUT2D eigenvalue weighted by atomic mass is 16.2.